The summed E-state index contributed by atoms with van der Waals surface area (Å²) in [5.41, 5.74) is 1.47. The molecular formula is C12H19N3. The first-order chi connectivity index (χ1) is 7.43. The van der Waals surface area contributed by atoms with Gasteiger partial charge < -0.3 is 9.88 Å². The molecule has 3 nitrogen and oxygen atoms in total. The number of nitrogens with one attached hydrogen (secondary N) is 1. The van der Waals surface area contributed by atoms with Crippen LogP contribution in [-0.2, 0) is 6.54 Å². The van der Waals surface area contributed by atoms with Gasteiger partial charge in [0.1, 0.15) is 0 Å². The van der Waals surface area contributed by atoms with Gasteiger partial charge in [-0.2, -0.15) is 0 Å². The van der Waals surface area contributed by atoms with Crippen molar-refractivity contribution in [3.05, 3.63) is 18.2 Å². The summed E-state index contributed by atoms with van der Waals surface area (Å²) < 4.78 is 2.38. The zero-order valence-corrected chi connectivity index (χ0v) is 9.15. The molecule has 0 bridgehead atoms. The number of piperidine rings is 1. The Labute approximate surface area is 90.9 Å². The summed E-state index contributed by atoms with van der Waals surface area (Å²) >= 11 is 0. The summed E-state index contributed by atoms with van der Waals surface area (Å²) in [6, 6.07) is 0. The molecule has 2 fully saturated rings. The smallest absolute Gasteiger partial charge is 0.0948 e. The lowest BCUT2D eigenvalue weighted by Gasteiger charge is -2.23. The second-order valence-electron chi connectivity index (χ2n) is 4.96. The van der Waals surface area contributed by atoms with Gasteiger partial charge in [-0.25, -0.2) is 4.98 Å². The molecule has 3 rings (SSSR count). The lowest BCUT2D eigenvalue weighted by Crippen LogP contribution is -2.32. The molecule has 1 aliphatic carbocycles. The fourth-order valence-corrected chi connectivity index (χ4v) is 2.56. The SMILES string of the molecule is c1ncn(CC2CCCNC2)c1C1CC1. The van der Waals surface area contributed by atoms with E-state index < -0.39 is 0 Å². The van der Waals surface area contributed by atoms with Gasteiger partial charge in [0.2, 0.25) is 0 Å². The van der Waals surface area contributed by atoms with E-state index in [9.17, 15) is 0 Å². The van der Waals surface area contributed by atoms with Gasteiger partial charge >= 0.3 is 0 Å². The number of rotatable bonds is 3. The number of nitrogens with zero attached hydrogens (tertiary/aromatic N) is 2. The molecule has 0 aromatic carbocycles. The summed E-state index contributed by atoms with van der Waals surface area (Å²) in [4.78, 5) is 4.29. The van der Waals surface area contributed by atoms with Gasteiger partial charge in [0.25, 0.3) is 0 Å². The zero-order chi connectivity index (χ0) is 10.1. The second kappa shape index (κ2) is 3.97. The van der Waals surface area contributed by atoms with E-state index in [2.05, 4.69) is 21.1 Å². The Hall–Kier alpha value is -0.830. The van der Waals surface area contributed by atoms with Crippen molar-refractivity contribution in [3.63, 3.8) is 0 Å². The number of hydrogen-bond donors (Lipinski definition) is 1. The molecule has 2 aliphatic rings. The molecule has 82 valence electrons. The van der Waals surface area contributed by atoms with Crippen LogP contribution in [0.2, 0.25) is 0 Å². The predicted octanol–water partition coefficient (Wildman–Crippen LogP) is 1.76. The maximum absolute atomic E-state index is 4.29. The van der Waals surface area contributed by atoms with Gasteiger partial charge in [0.05, 0.1) is 6.33 Å². The molecule has 1 saturated carbocycles. The lowest BCUT2D eigenvalue weighted by atomic mass is 9.99. The van der Waals surface area contributed by atoms with E-state index in [1.54, 1.807) is 0 Å². The third-order valence-corrected chi connectivity index (χ3v) is 3.59. The van der Waals surface area contributed by atoms with Crippen molar-refractivity contribution in [3.8, 4) is 0 Å². The average molecular weight is 205 g/mol. The Balaban J connectivity index is 1.67. The Kier molecular flexibility index (Phi) is 2.49. The molecule has 3 heteroatoms. The largest absolute Gasteiger partial charge is 0.334 e. The zero-order valence-electron chi connectivity index (χ0n) is 9.15. The Morgan fingerprint density at radius 1 is 1.40 bits per heavy atom. The van der Waals surface area contributed by atoms with Crippen LogP contribution in [0, 0.1) is 5.92 Å². The van der Waals surface area contributed by atoms with Crippen LogP contribution in [0.4, 0.5) is 0 Å². The number of aromatic nitrogens is 2. The maximum atomic E-state index is 4.29. The Morgan fingerprint density at radius 3 is 3.07 bits per heavy atom. The molecule has 1 aromatic rings. The van der Waals surface area contributed by atoms with E-state index in [-0.39, 0.29) is 0 Å². The van der Waals surface area contributed by atoms with Crippen molar-refractivity contribution in [1.82, 2.24) is 14.9 Å². The van der Waals surface area contributed by atoms with E-state index in [0.29, 0.717) is 0 Å². The van der Waals surface area contributed by atoms with E-state index in [4.69, 9.17) is 0 Å². The van der Waals surface area contributed by atoms with Crippen LogP contribution in [-0.4, -0.2) is 22.6 Å². The van der Waals surface area contributed by atoms with Gasteiger partial charge in [0, 0.05) is 24.4 Å². The van der Waals surface area contributed by atoms with Crippen LogP contribution in [0.3, 0.4) is 0 Å². The normalized spacial score (nSPS) is 26.8. The molecule has 1 atom stereocenters. The minimum atomic E-state index is 0.811. The highest BCUT2D eigenvalue weighted by atomic mass is 15.1. The van der Waals surface area contributed by atoms with Crippen LogP contribution in [0.15, 0.2) is 12.5 Å². The fraction of sp³-hybridized carbons (Fsp3) is 0.750. The molecule has 1 N–H and O–H groups in total. The van der Waals surface area contributed by atoms with E-state index in [1.807, 2.05) is 6.33 Å². The quantitative estimate of drug-likeness (QED) is 0.815. The van der Waals surface area contributed by atoms with Crippen molar-refractivity contribution in [1.29, 1.82) is 0 Å². The van der Waals surface area contributed by atoms with Crippen LogP contribution >= 0.6 is 0 Å². The summed E-state index contributed by atoms with van der Waals surface area (Å²) in [6.07, 6.45) is 9.52. The third kappa shape index (κ3) is 2.07. The molecule has 15 heavy (non-hydrogen) atoms. The Morgan fingerprint density at radius 2 is 2.33 bits per heavy atom. The molecule has 0 spiro atoms. The molecule has 1 saturated heterocycles. The van der Waals surface area contributed by atoms with E-state index >= 15 is 0 Å². The lowest BCUT2D eigenvalue weighted by molar-refractivity contribution is 0.334. The molecule has 0 radical (unpaired) electrons. The van der Waals surface area contributed by atoms with Crippen molar-refractivity contribution < 1.29 is 0 Å². The molecule has 1 unspecified atom stereocenters. The molecular weight excluding hydrogens is 186 g/mol. The average Bonchev–Trinajstić information content (AvgIpc) is 3.02. The van der Waals surface area contributed by atoms with E-state index in [1.165, 1.54) is 51.0 Å². The minimum Gasteiger partial charge on any atom is -0.334 e. The standard InChI is InChI=1S/C12H19N3/c1-2-10(6-13-5-1)8-15-9-14-7-12(15)11-3-4-11/h7,9-11,13H,1-6,8H2. The highest BCUT2D eigenvalue weighted by Crippen LogP contribution is 2.40. The summed E-state index contributed by atoms with van der Waals surface area (Å²) in [7, 11) is 0. The topological polar surface area (TPSA) is 29.9 Å². The second-order valence-corrected chi connectivity index (χ2v) is 4.96. The Bertz CT molecular complexity index is 321. The third-order valence-electron chi connectivity index (χ3n) is 3.59. The minimum absolute atomic E-state index is 0.811. The van der Waals surface area contributed by atoms with Crippen molar-refractivity contribution in [2.75, 3.05) is 13.1 Å². The first kappa shape index (κ1) is 9.40. The van der Waals surface area contributed by atoms with Gasteiger partial charge in [-0.1, -0.05) is 0 Å². The predicted molar refractivity (Wildman–Crippen MR) is 59.8 cm³/mol. The van der Waals surface area contributed by atoms with Crippen LogP contribution in [0.5, 0.6) is 0 Å². The summed E-state index contributed by atoms with van der Waals surface area (Å²) in [5, 5.41) is 3.48. The molecule has 1 aromatic heterocycles. The first-order valence-electron chi connectivity index (χ1n) is 6.14. The van der Waals surface area contributed by atoms with Crippen LogP contribution in [0.25, 0.3) is 0 Å². The highest BCUT2D eigenvalue weighted by Gasteiger charge is 2.27. The van der Waals surface area contributed by atoms with Crippen LogP contribution in [0.1, 0.15) is 37.3 Å². The molecule has 0 amide bonds. The van der Waals surface area contributed by atoms with Crippen molar-refractivity contribution in [2.24, 2.45) is 5.92 Å². The van der Waals surface area contributed by atoms with Gasteiger partial charge in [-0.3, -0.25) is 0 Å². The van der Waals surface area contributed by atoms with Gasteiger partial charge in [-0.15, -0.1) is 0 Å². The molecule has 1 aliphatic heterocycles. The van der Waals surface area contributed by atoms with Gasteiger partial charge in [0.15, 0.2) is 0 Å². The number of imidazole rings is 1. The monoisotopic (exact) mass is 205 g/mol. The fourth-order valence-electron chi connectivity index (χ4n) is 2.56. The highest BCUT2D eigenvalue weighted by molar-refractivity contribution is 5.12. The number of hydrogen-bond acceptors (Lipinski definition) is 2. The summed E-state index contributed by atoms with van der Waals surface area (Å²) in [5.74, 6) is 1.63. The van der Waals surface area contributed by atoms with E-state index in [0.717, 1.165) is 11.8 Å². The summed E-state index contributed by atoms with van der Waals surface area (Å²) in [6.45, 7) is 3.55. The maximum Gasteiger partial charge on any atom is 0.0948 e. The van der Waals surface area contributed by atoms with Gasteiger partial charge in [-0.05, 0) is 44.7 Å². The first-order valence-corrected chi connectivity index (χ1v) is 6.14. The van der Waals surface area contributed by atoms with Crippen molar-refractivity contribution in [2.45, 2.75) is 38.1 Å². The molecule has 2 heterocycles. The van der Waals surface area contributed by atoms with Crippen molar-refractivity contribution >= 4 is 0 Å². The van der Waals surface area contributed by atoms with Crippen LogP contribution < -0.4 is 5.32 Å².